The van der Waals surface area contributed by atoms with Crippen LogP contribution in [0, 0.1) is 0 Å². The lowest BCUT2D eigenvalue weighted by Crippen LogP contribution is -2.21. The van der Waals surface area contributed by atoms with E-state index in [1.165, 1.54) is 20.2 Å². The summed E-state index contributed by atoms with van der Waals surface area (Å²) in [5.74, 6) is 0.525. The van der Waals surface area contributed by atoms with Gasteiger partial charge in [0, 0.05) is 29.3 Å². The van der Waals surface area contributed by atoms with Gasteiger partial charge in [-0.1, -0.05) is 11.6 Å². The molecule has 0 bridgehead atoms. The van der Waals surface area contributed by atoms with Crippen LogP contribution in [-0.4, -0.2) is 26.8 Å². The number of benzene rings is 1. The molecule has 8 heteroatoms. The fraction of sp³-hybridized carbons (Fsp3) is 0.231. The Morgan fingerprint density at radius 1 is 1.29 bits per heavy atom. The van der Waals surface area contributed by atoms with E-state index >= 15 is 0 Å². The maximum absolute atomic E-state index is 11.9. The zero-order valence-electron chi connectivity index (χ0n) is 11.4. The van der Waals surface area contributed by atoms with E-state index in [1.54, 1.807) is 18.2 Å². The van der Waals surface area contributed by atoms with Gasteiger partial charge in [0.1, 0.15) is 5.76 Å². The van der Waals surface area contributed by atoms with Gasteiger partial charge in [-0.15, -0.1) is 0 Å². The first-order valence-electron chi connectivity index (χ1n) is 6.01. The molecule has 0 aliphatic heterocycles. The van der Waals surface area contributed by atoms with Gasteiger partial charge in [-0.05, 0) is 46.3 Å². The summed E-state index contributed by atoms with van der Waals surface area (Å²) in [6.45, 7) is 0.364. The monoisotopic (exact) mass is 392 g/mol. The van der Waals surface area contributed by atoms with Gasteiger partial charge in [-0.2, -0.15) is 0 Å². The summed E-state index contributed by atoms with van der Waals surface area (Å²) in [6.07, 6.45) is 0. The van der Waals surface area contributed by atoms with Gasteiger partial charge in [0.25, 0.3) is 10.0 Å². The minimum atomic E-state index is -3.54. The molecule has 21 heavy (non-hydrogen) atoms. The highest BCUT2D eigenvalue weighted by molar-refractivity contribution is 9.10. The van der Waals surface area contributed by atoms with Crippen LogP contribution in [0.15, 0.2) is 44.3 Å². The molecule has 0 spiro atoms. The third-order valence-electron chi connectivity index (χ3n) is 2.76. The van der Waals surface area contributed by atoms with Gasteiger partial charge in [0.2, 0.25) is 5.09 Å². The summed E-state index contributed by atoms with van der Waals surface area (Å²) in [5.41, 5.74) is 0.841. The number of anilines is 1. The maximum Gasteiger partial charge on any atom is 0.275 e. The first-order chi connectivity index (χ1) is 9.80. The van der Waals surface area contributed by atoms with E-state index in [4.69, 9.17) is 16.0 Å². The lowest BCUT2D eigenvalue weighted by Gasteiger charge is -2.09. The fourth-order valence-electron chi connectivity index (χ4n) is 1.59. The molecule has 1 aromatic heterocycles. The van der Waals surface area contributed by atoms with Crippen LogP contribution in [0.1, 0.15) is 5.76 Å². The highest BCUT2D eigenvalue weighted by Gasteiger charge is 2.21. The summed E-state index contributed by atoms with van der Waals surface area (Å²) in [6, 6.07) is 8.44. The third kappa shape index (κ3) is 3.79. The van der Waals surface area contributed by atoms with E-state index in [-0.39, 0.29) is 5.09 Å². The van der Waals surface area contributed by atoms with Crippen molar-refractivity contribution >= 4 is 43.2 Å². The second-order valence-electron chi connectivity index (χ2n) is 4.49. The molecule has 0 unspecified atom stereocenters. The molecule has 1 N–H and O–H groups in total. The van der Waals surface area contributed by atoms with Crippen LogP contribution < -0.4 is 5.32 Å². The number of hydrogen-bond acceptors (Lipinski definition) is 4. The van der Waals surface area contributed by atoms with E-state index < -0.39 is 10.0 Å². The molecule has 114 valence electrons. The van der Waals surface area contributed by atoms with Crippen molar-refractivity contribution in [2.75, 3.05) is 19.4 Å². The van der Waals surface area contributed by atoms with Crippen LogP contribution in [0.3, 0.4) is 0 Å². The van der Waals surface area contributed by atoms with E-state index in [0.29, 0.717) is 17.3 Å². The smallest absolute Gasteiger partial charge is 0.275 e. The Kier molecular flexibility index (Phi) is 4.98. The van der Waals surface area contributed by atoms with Gasteiger partial charge >= 0.3 is 0 Å². The zero-order valence-corrected chi connectivity index (χ0v) is 14.6. The molecule has 0 aliphatic rings. The van der Waals surface area contributed by atoms with Gasteiger partial charge < -0.3 is 9.73 Å². The number of rotatable bonds is 5. The van der Waals surface area contributed by atoms with Crippen molar-refractivity contribution in [2.24, 2.45) is 0 Å². The lowest BCUT2D eigenvalue weighted by atomic mass is 10.3. The Balaban J connectivity index is 2.10. The SMILES string of the molecule is CN(C)S(=O)(=O)c1ccc(CNc2ccc(Cl)cc2Br)o1. The van der Waals surface area contributed by atoms with Crippen molar-refractivity contribution in [3.05, 3.63) is 45.6 Å². The van der Waals surface area contributed by atoms with Crippen molar-refractivity contribution in [1.29, 1.82) is 0 Å². The predicted octanol–water partition coefficient (Wildman–Crippen LogP) is 3.56. The van der Waals surface area contributed by atoms with Gasteiger partial charge in [-0.25, -0.2) is 12.7 Å². The standard InChI is InChI=1S/C13H14BrClN2O3S/c1-17(2)21(18,19)13-6-4-10(20-13)8-16-12-5-3-9(15)7-11(12)14/h3-7,16H,8H2,1-2H3. The minimum Gasteiger partial charge on any atom is -0.446 e. The Labute approximate surface area is 137 Å². The lowest BCUT2D eigenvalue weighted by molar-refractivity contribution is 0.402. The van der Waals surface area contributed by atoms with Crippen LogP contribution in [0.25, 0.3) is 0 Å². The summed E-state index contributed by atoms with van der Waals surface area (Å²) in [5, 5.41) is 3.70. The second kappa shape index (κ2) is 6.39. The molecule has 1 heterocycles. The van der Waals surface area contributed by atoms with Gasteiger partial charge in [0.15, 0.2) is 0 Å². The fourth-order valence-corrected chi connectivity index (χ4v) is 3.22. The number of halogens is 2. The largest absolute Gasteiger partial charge is 0.446 e. The van der Waals surface area contributed by atoms with Crippen LogP contribution in [0.4, 0.5) is 5.69 Å². The minimum absolute atomic E-state index is 0.0699. The van der Waals surface area contributed by atoms with E-state index in [0.717, 1.165) is 14.5 Å². The van der Waals surface area contributed by atoms with Gasteiger partial charge in [-0.3, -0.25) is 0 Å². The topological polar surface area (TPSA) is 62.6 Å². The zero-order chi connectivity index (χ0) is 15.6. The van der Waals surface area contributed by atoms with Crippen molar-refractivity contribution < 1.29 is 12.8 Å². The van der Waals surface area contributed by atoms with Crippen molar-refractivity contribution in [1.82, 2.24) is 4.31 Å². The molecule has 5 nitrogen and oxygen atoms in total. The molecule has 0 fully saturated rings. The van der Waals surface area contributed by atoms with E-state index in [1.807, 2.05) is 6.07 Å². The maximum atomic E-state index is 11.9. The van der Waals surface area contributed by atoms with Crippen LogP contribution in [0.5, 0.6) is 0 Å². The highest BCUT2D eigenvalue weighted by atomic mass is 79.9. The Hall–Kier alpha value is -1.02. The molecule has 1 aromatic carbocycles. The molecule has 0 amide bonds. The van der Waals surface area contributed by atoms with Crippen molar-refractivity contribution in [3.8, 4) is 0 Å². The molecule has 0 radical (unpaired) electrons. The van der Waals surface area contributed by atoms with Crippen molar-refractivity contribution in [3.63, 3.8) is 0 Å². The summed E-state index contributed by atoms with van der Waals surface area (Å²) < 4.78 is 31.1. The van der Waals surface area contributed by atoms with E-state index in [2.05, 4.69) is 21.2 Å². The number of furan rings is 1. The molecular weight excluding hydrogens is 380 g/mol. The molecule has 0 atom stereocenters. The number of sulfonamides is 1. The first-order valence-corrected chi connectivity index (χ1v) is 8.62. The average Bonchev–Trinajstić information content (AvgIpc) is 2.87. The Morgan fingerprint density at radius 3 is 2.62 bits per heavy atom. The summed E-state index contributed by atoms with van der Waals surface area (Å²) in [4.78, 5) is 0. The first kappa shape index (κ1) is 16.4. The van der Waals surface area contributed by atoms with E-state index in [9.17, 15) is 8.42 Å². The Bertz CT molecular complexity index is 744. The molecular formula is C13H14BrClN2O3S. The second-order valence-corrected chi connectivity index (χ2v) is 7.86. The summed E-state index contributed by atoms with van der Waals surface area (Å²) in [7, 11) is -0.623. The number of hydrogen-bond donors (Lipinski definition) is 1. The van der Waals surface area contributed by atoms with Crippen molar-refractivity contribution in [2.45, 2.75) is 11.6 Å². The molecule has 0 aliphatic carbocycles. The number of nitrogens with zero attached hydrogens (tertiary/aromatic N) is 1. The summed E-state index contributed by atoms with van der Waals surface area (Å²) >= 11 is 9.27. The van der Waals surface area contributed by atoms with Gasteiger partial charge in [0.05, 0.1) is 6.54 Å². The van der Waals surface area contributed by atoms with Crippen LogP contribution in [-0.2, 0) is 16.6 Å². The van der Waals surface area contributed by atoms with Crippen LogP contribution in [0.2, 0.25) is 5.02 Å². The normalized spacial score (nSPS) is 11.9. The quantitative estimate of drug-likeness (QED) is 0.844. The molecule has 2 rings (SSSR count). The Morgan fingerprint density at radius 2 is 2.00 bits per heavy atom. The number of nitrogens with one attached hydrogen (secondary N) is 1. The van der Waals surface area contributed by atoms with Crippen LogP contribution >= 0.6 is 27.5 Å². The average molecular weight is 394 g/mol. The molecule has 2 aromatic rings. The predicted molar refractivity (Wildman–Crippen MR) is 86.1 cm³/mol. The third-order valence-corrected chi connectivity index (χ3v) is 5.34. The molecule has 0 saturated carbocycles. The highest BCUT2D eigenvalue weighted by Crippen LogP contribution is 2.26. The molecule has 0 saturated heterocycles.